The number of hydrazone groups is 1. The molecule has 1 aromatic carbocycles. The molecule has 106 valence electrons. The molecular weight excluding hydrogens is 260 g/mol. The van der Waals surface area contributed by atoms with Gasteiger partial charge in [0.2, 0.25) is 0 Å². The van der Waals surface area contributed by atoms with E-state index in [-0.39, 0.29) is 5.56 Å². The average molecular weight is 276 g/mol. The van der Waals surface area contributed by atoms with Gasteiger partial charge in [-0.25, -0.2) is 5.43 Å². The maximum atomic E-state index is 11.9. The van der Waals surface area contributed by atoms with Crippen LogP contribution in [-0.2, 0) is 0 Å². The molecule has 2 bridgehead atoms. The molecular formula is C14H16N2O4. The molecule has 2 aliphatic carbocycles. The highest BCUT2D eigenvalue weighted by molar-refractivity contribution is 5.97. The van der Waals surface area contributed by atoms with Gasteiger partial charge in [0.1, 0.15) is 0 Å². The van der Waals surface area contributed by atoms with Crippen molar-refractivity contribution in [1.82, 2.24) is 5.43 Å². The first-order valence-corrected chi connectivity index (χ1v) is 6.66. The van der Waals surface area contributed by atoms with Crippen LogP contribution < -0.4 is 5.43 Å². The Morgan fingerprint density at radius 1 is 1.20 bits per heavy atom. The molecule has 0 radical (unpaired) electrons. The van der Waals surface area contributed by atoms with Crippen molar-refractivity contribution in [3.63, 3.8) is 0 Å². The smallest absolute Gasteiger partial charge is 0.271 e. The highest BCUT2D eigenvalue weighted by atomic mass is 16.3. The second-order valence-corrected chi connectivity index (χ2v) is 5.49. The molecule has 6 heteroatoms. The molecule has 4 N–H and O–H groups in total. The lowest BCUT2D eigenvalue weighted by molar-refractivity contribution is 0.0953. The monoisotopic (exact) mass is 276 g/mol. The second-order valence-electron chi connectivity index (χ2n) is 5.49. The Kier molecular flexibility index (Phi) is 3.00. The molecule has 6 nitrogen and oxygen atoms in total. The van der Waals surface area contributed by atoms with E-state index in [1.807, 2.05) is 0 Å². The Hall–Kier alpha value is -2.24. The first-order valence-electron chi connectivity index (χ1n) is 6.66. The topological polar surface area (TPSA) is 102 Å². The van der Waals surface area contributed by atoms with E-state index in [0.29, 0.717) is 11.8 Å². The summed E-state index contributed by atoms with van der Waals surface area (Å²) in [5, 5.41) is 32.1. The van der Waals surface area contributed by atoms with E-state index >= 15 is 0 Å². The fourth-order valence-electron chi connectivity index (χ4n) is 3.08. The Morgan fingerprint density at radius 3 is 2.45 bits per heavy atom. The van der Waals surface area contributed by atoms with E-state index in [0.717, 1.165) is 37.1 Å². The molecule has 2 unspecified atom stereocenters. The quantitative estimate of drug-likeness (QED) is 0.487. The maximum absolute atomic E-state index is 11.9. The number of aromatic hydroxyl groups is 3. The SMILES string of the molecule is O=C(N/N=C1/CC2CCC1C2)c1cc(O)c(O)c(O)c1. The van der Waals surface area contributed by atoms with E-state index in [1.165, 1.54) is 6.42 Å². The van der Waals surface area contributed by atoms with Crippen LogP contribution in [-0.4, -0.2) is 26.9 Å². The number of amides is 1. The Bertz CT molecular complexity index is 574. The van der Waals surface area contributed by atoms with E-state index in [4.69, 9.17) is 0 Å². The highest BCUT2D eigenvalue weighted by Gasteiger charge is 2.36. The van der Waals surface area contributed by atoms with Crippen molar-refractivity contribution >= 4 is 11.6 Å². The number of hydrogen-bond donors (Lipinski definition) is 4. The first-order chi connectivity index (χ1) is 9.54. The molecule has 3 rings (SSSR count). The molecule has 2 fully saturated rings. The van der Waals surface area contributed by atoms with Crippen LogP contribution in [0, 0.1) is 11.8 Å². The molecule has 0 aromatic heterocycles. The van der Waals surface area contributed by atoms with Crippen molar-refractivity contribution in [3.8, 4) is 17.2 Å². The predicted molar refractivity (Wildman–Crippen MR) is 71.8 cm³/mol. The minimum absolute atomic E-state index is 0.0466. The standard InChI is InChI=1S/C14H16N2O4/c17-11-5-9(6-12(18)13(11)19)14(20)16-15-10-4-7-1-2-8(10)3-7/h5-8,17-19H,1-4H2,(H,16,20)/b15-10-. The number of hydrogen-bond acceptors (Lipinski definition) is 5. The molecule has 2 aliphatic rings. The summed E-state index contributed by atoms with van der Waals surface area (Å²) in [6.07, 6.45) is 4.49. The summed E-state index contributed by atoms with van der Waals surface area (Å²) in [6, 6.07) is 2.18. The molecule has 0 aliphatic heterocycles. The van der Waals surface area contributed by atoms with Gasteiger partial charge >= 0.3 is 0 Å². The van der Waals surface area contributed by atoms with Crippen molar-refractivity contribution in [3.05, 3.63) is 17.7 Å². The summed E-state index contributed by atoms with van der Waals surface area (Å²) < 4.78 is 0. The summed E-state index contributed by atoms with van der Waals surface area (Å²) >= 11 is 0. The van der Waals surface area contributed by atoms with Crippen molar-refractivity contribution in [1.29, 1.82) is 0 Å². The molecule has 2 saturated carbocycles. The number of phenols is 3. The van der Waals surface area contributed by atoms with Crippen LogP contribution in [0.25, 0.3) is 0 Å². The third-order valence-corrected chi connectivity index (χ3v) is 4.14. The lowest BCUT2D eigenvalue weighted by atomic mass is 9.99. The first kappa shape index (κ1) is 12.8. The maximum Gasteiger partial charge on any atom is 0.271 e. The molecule has 20 heavy (non-hydrogen) atoms. The molecule has 1 aromatic rings. The number of carbonyl (C=O) groups is 1. The van der Waals surface area contributed by atoms with Gasteiger partial charge in [0.15, 0.2) is 17.2 Å². The summed E-state index contributed by atoms with van der Waals surface area (Å²) in [5.41, 5.74) is 3.52. The number of nitrogens with one attached hydrogen (secondary N) is 1. The van der Waals surface area contributed by atoms with E-state index in [1.54, 1.807) is 0 Å². The molecule has 2 atom stereocenters. The van der Waals surface area contributed by atoms with Gasteiger partial charge in [0.25, 0.3) is 5.91 Å². The summed E-state index contributed by atoms with van der Waals surface area (Å²) in [4.78, 5) is 11.9. The normalized spacial score (nSPS) is 26.1. The van der Waals surface area contributed by atoms with Crippen LogP contribution in [0.2, 0.25) is 0 Å². The summed E-state index contributed by atoms with van der Waals surface area (Å²) in [7, 11) is 0. The highest BCUT2D eigenvalue weighted by Crippen LogP contribution is 2.42. The van der Waals surface area contributed by atoms with Crippen LogP contribution in [0.5, 0.6) is 17.2 Å². The zero-order valence-corrected chi connectivity index (χ0v) is 10.8. The summed E-state index contributed by atoms with van der Waals surface area (Å²) in [6.45, 7) is 0. The van der Waals surface area contributed by atoms with Gasteiger partial charge in [-0.3, -0.25) is 4.79 Å². The van der Waals surface area contributed by atoms with Crippen molar-refractivity contribution in [2.24, 2.45) is 16.9 Å². The second kappa shape index (κ2) is 4.70. The van der Waals surface area contributed by atoms with Crippen LogP contribution >= 0.6 is 0 Å². The third kappa shape index (κ3) is 2.17. The molecule has 0 heterocycles. The van der Waals surface area contributed by atoms with Crippen molar-refractivity contribution < 1.29 is 20.1 Å². The third-order valence-electron chi connectivity index (χ3n) is 4.14. The minimum Gasteiger partial charge on any atom is -0.504 e. The van der Waals surface area contributed by atoms with Gasteiger partial charge in [-0.15, -0.1) is 0 Å². The van der Waals surface area contributed by atoms with Crippen LogP contribution in [0.15, 0.2) is 17.2 Å². The number of phenolic OH excluding ortho intramolecular Hbond substituents is 3. The Balaban J connectivity index is 1.72. The number of benzene rings is 1. The van der Waals surface area contributed by atoms with Crippen LogP contribution in [0.1, 0.15) is 36.0 Å². The van der Waals surface area contributed by atoms with Gasteiger partial charge in [0.05, 0.1) is 0 Å². The number of fused-ring (bicyclic) bond motifs is 2. The summed E-state index contributed by atoms with van der Waals surface area (Å²) in [5.74, 6) is -1.04. The predicted octanol–water partition coefficient (Wildman–Crippen LogP) is 1.71. The van der Waals surface area contributed by atoms with Crippen LogP contribution in [0.4, 0.5) is 0 Å². The van der Waals surface area contributed by atoms with Crippen molar-refractivity contribution in [2.45, 2.75) is 25.7 Å². The van der Waals surface area contributed by atoms with E-state index in [2.05, 4.69) is 10.5 Å². The van der Waals surface area contributed by atoms with Gasteiger partial charge in [-0.05, 0) is 49.7 Å². The minimum atomic E-state index is -0.638. The van der Waals surface area contributed by atoms with Gasteiger partial charge in [-0.1, -0.05) is 0 Å². The van der Waals surface area contributed by atoms with E-state index < -0.39 is 23.2 Å². The van der Waals surface area contributed by atoms with Gasteiger partial charge in [0, 0.05) is 11.3 Å². The lowest BCUT2D eigenvalue weighted by Gasteiger charge is -2.11. The van der Waals surface area contributed by atoms with Crippen LogP contribution in [0.3, 0.4) is 0 Å². The fourth-order valence-corrected chi connectivity index (χ4v) is 3.08. The van der Waals surface area contributed by atoms with Crippen molar-refractivity contribution in [2.75, 3.05) is 0 Å². The molecule has 1 amide bonds. The van der Waals surface area contributed by atoms with Gasteiger partial charge in [-0.2, -0.15) is 5.10 Å². The van der Waals surface area contributed by atoms with E-state index in [9.17, 15) is 20.1 Å². The van der Waals surface area contributed by atoms with Gasteiger partial charge < -0.3 is 15.3 Å². The largest absolute Gasteiger partial charge is 0.504 e. The molecule has 0 saturated heterocycles. The number of nitrogens with zero attached hydrogens (tertiary/aromatic N) is 1. The lowest BCUT2D eigenvalue weighted by Crippen LogP contribution is -2.21. The average Bonchev–Trinajstić information content (AvgIpc) is 3.04. The zero-order chi connectivity index (χ0) is 14.3. The zero-order valence-electron chi connectivity index (χ0n) is 10.8. The number of carbonyl (C=O) groups excluding carboxylic acids is 1. The number of rotatable bonds is 2. The molecule has 0 spiro atoms. The fraction of sp³-hybridized carbons (Fsp3) is 0.429. The Labute approximate surface area is 115 Å². The Morgan fingerprint density at radius 2 is 1.90 bits per heavy atom.